The van der Waals surface area contributed by atoms with Gasteiger partial charge in [0.1, 0.15) is 0 Å². The first-order valence-corrected chi connectivity index (χ1v) is 7.51. The zero-order chi connectivity index (χ0) is 19.1. The van der Waals surface area contributed by atoms with Gasteiger partial charge in [0.15, 0.2) is 5.60 Å². The van der Waals surface area contributed by atoms with Gasteiger partial charge in [0, 0.05) is 39.3 Å². The third-order valence-electron chi connectivity index (χ3n) is 2.53. The Bertz CT molecular complexity index is 399. The molecule has 13 nitrogen and oxygen atoms in total. The summed E-state index contributed by atoms with van der Waals surface area (Å²) < 4.78 is 0. The molecular formula is C12H26N6O7. The molecule has 13 heteroatoms. The van der Waals surface area contributed by atoms with Crippen LogP contribution >= 0.6 is 0 Å². The molecule has 0 atom stereocenters. The van der Waals surface area contributed by atoms with Crippen LogP contribution < -0.4 is 33.6 Å². The molecule has 0 rings (SSSR count). The van der Waals surface area contributed by atoms with Crippen LogP contribution in [0.2, 0.25) is 0 Å². The zero-order valence-corrected chi connectivity index (χ0v) is 13.8. The SMILES string of the molecule is NCCNOC(=O)CC(O)(CC(=O)ONCCN)C(=O)ONCCN. The van der Waals surface area contributed by atoms with Gasteiger partial charge in [-0.1, -0.05) is 0 Å². The van der Waals surface area contributed by atoms with E-state index in [-0.39, 0.29) is 39.3 Å². The number of hydrogen-bond acceptors (Lipinski definition) is 13. The molecule has 0 radical (unpaired) electrons. The molecule has 0 aliphatic heterocycles. The van der Waals surface area contributed by atoms with Gasteiger partial charge in [-0.15, -0.1) is 0 Å². The quantitative estimate of drug-likeness (QED) is 0.0878. The Morgan fingerprint density at radius 2 is 1.12 bits per heavy atom. The molecule has 0 bridgehead atoms. The second kappa shape index (κ2) is 13.4. The second-order valence-corrected chi connectivity index (χ2v) is 4.77. The predicted octanol–water partition coefficient (Wildman–Crippen LogP) is -4.48. The van der Waals surface area contributed by atoms with Gasteiger partial charge >= 0.3 is 17.9 Å². The standard InChI is InChI=1S/C12H26N6O7/c13-1-4-16-23-9(19)7-12(22,11(21)25-18-6-3-15)8-10(20)24-17-5-2-14/h16-18,22H,1-8,13-15H2. The molecule has 0 aromatic heterocycles. The number of nitrogens with one attached hydrogen (secondary N) is 3. The Labute approximate surface area is 144 Å². The van der Waals surface area contributed by atoms with Crippen LogP contribution in [0, 0.1) is 0 Å². The first-order valence-electron chi connectivity index (χ1n) is 7.51. The molecule has 0 saturated carbocycles. The zero-order valence-electron chi connectivity index (χ0n) is 13.8. The van der Waals surface area contributed by atoms with Crippen molar-refractivity contribution >= 4 is 17.9 Å². The van der Waals surface area contributed by atoms with Crippen molar-refractivity contribution in [2.45, 2.75) is 18.4 Å². The molecule has 0 amide bonds. The average Bonchev–Trinajstić information content (AvgIpc) is 2.55. The van der Waals surface area contributed by atoms with E-state index in [1.54, 1.807) is 0 Å². The fourth-order valence-corrected chi connectivity index (χ4v) is 1.41. The lowest BCUT2D eigenvalue weighted by Gasteiger charge is -2.23. The van der Waals surface area contributed by atoms with Crippen molar-refractivity contribution in [3.05, 3.63) is 0 Å². The lowest BCUT2D eigenvalue weighted by Crippen LogP contribution is -2.48. The van der Waals surface area contributed by atoms with Crippen molar-refractivity contribution in [1.29, 1.82) is 0 Å². The highest BCUT2D eigenvalue weighted by Crippen LogP contribution is 2.19. The summed E-state index contributed by atoms with van der Waals surface area (Å²) in [6.07, 6.45) is -1.72. The first-order chi connectivity index (χ1) is 11.9. The highest BCUT2D eigenvalue weighted by Gasteiger charge is 2.44. The maximum atomic E-state index is 12.0. The molecule has 146 valence electrons. The molecule has 0 aliphatic rings. The fourth-order valence-electron chi connectivity index (χ4n) is 1.41. The summed E-state index contributed by atoms with van der Waals surface area (Å²) in [5, 5.41) is 10.4. The van der Waals surface area contributed by atoms with Gasteiger partial charge in [-0.25, -0.2) is 4.79 Å². The van der Waals surface area contributed by atoms with Gasteiger partial charge in [0.2, 0.25) is 0 Å². The monoisotopic (exact) mass is 366 g/mol. The number of hydrogen-bond donors (Lipinski definition) is 7. The topological polar surface area (TPSA) is 213 Å². The Morgan fingerprint density at radius 3 is 1.48 bits per heavy atom. The Kier molecular flexibility index (Phi) is 12.4. The molecule has 0 heterocycles. The van der Waals surface area contributed by atoms with Crippen LogP contribution in [-0.4, -0.2) is 67.9 Å². The van der Waals surface area contributed by atoms with E-state index in [4.69, 9.17) is 17.2 Å². The van der Waals surface area contributed by atoms with E-state index in [0.29, 0.717) is 0 Å². The second-order valence-electron chi connectivity index (χ2n) is 4.77. The van der Waals surface area contributed by atoms with Crippen LogP contribution in [0.3, 0.4) is 0 Å². The predicted molar refractivity (Wildman–Crippen MR) is 83.6 cm³/mol. The maximum absolute atomic E-state index is 12.0. The van der Waals surface area contributed by atoms with Crippen molar-refractivity contribution in [2.24, 2.45) is 17.2 Å². The summed E-state index contributed by atoms with van der Waals surface area (Å²) in [5.41, 5.74) is 19.8. The third kappa shape index (κ3) is 10.6. The van der Waals surface area contributed by atoms with Crippen LogP contribution in [0.4, 0.5) is 0 Å². The van der Waals surface area contributed by atoms with Gasteiger partial charge in [-0.3, -0.25) is 9.59 Å². The van der Waals surface area contributed by atoms with Gasteiger partial charge in [0.25, 0.3) is 0 Å². The summed E-state index contributed by atoms with van der Waals surface area (Å²) >= 11 is 0. The van der Waals surface area contributed by atoms with Crippen LogP contribution in [0.15, 0.2) is 0 Å². The van der Waals surface area contributed by atoms with Crippen molar-refractivity contribution < 1.29 is 34.0 Å². The van der Waals surface area contributed by atoms with Crippen LogP contribution in [-0.2, 0) is 28.9 Å². The van der Waals surface area contributed by atoms with Gasteiger partial charge in [-0.2, -0.15) is 16.4 Å². The van der Waals surface area contributed by atoms with Crippen molar-refractivity contribution in [2.75, 3.05) is 39.3 Å². The smallest absolute Gasteiger partial charge is 0.357 e. The number of aliphatic hydroxyl groups is 1. The van der Waals surface area contributed by atoms with Crippen molar-refractivity contribution in [3.8, 4) is 0 Å². The molecule has 0 aromatic rings. The Morgan fingerprint density at radius 1 is 0.760 bits per heavy atom. The molecule has 0 fully saturated rings. The molecule has 10 N–H and O–H groups in total. The number of carbonyl (C=O) groups excluding carboxylic acids is 3. The average molecular weight is 366 g/mol. The number of nitrogens with two attached hydrogens (primary N) is 3. The van der Waals surface area contributed by atoms with E-state index in [1.807, 2.05) is 0 Å². The van der Waals surface area contributed by atoms with Gasteiger partial charge < -0.3 is 36.8 Å². The summed E-state index contributed by atoms with van der Waals surface area (Å²) in [5.74, 6) is -3.28. The van der Waals surface area contributed by atoms with E-state index in [0.717, 1.165) is 0 Å². The van der Waals surface area contributed by atoms with Crippen molar-refractivity contribution in [3.63, 3.8) is 0 Å². The maximum Gasteiger partial charge on any atom is 0.357 e. The van der Waals surface area contributed by atoms with E-state index in [2.05, 4.69) is 31.0 Å². The molecule has 0 unspecified atom stereocenters. The van der Waals surface area contributed by atoms with E-state index in [1.165, 1.54) is 0 Å². The summed E-state index contributed by atoms with van der Waals surface area (Å²) in [4.78, 5) is 49.1. The van der Waals surface area contributed by atoms with E-state index >= 15 is 0 Å². The van der Waals surface area contributed by atoms with Crippen LogP contribution in [0.25, 0.3) is 0 Å². The normalized spacial score (nSPS) is 11.0. The Balaban J connectivity index is 4.80. The van der Waals surface area contributed by atoms with Crippen LogP contribution in [0.1, 0.15) is 12.8 Å². The van der Waals surface area contributed by atoms with E-state index < -0.39 is 36.4 Å². The van der Waals surface area contributed by atoms with Crippen molar-refractivity contribution in [1.82, 2.24) is 16.4 Å². The van der Waals surface area contributed by atoms with Gasteiger partial charge in [-0.05, 0) is 0 Å². The summed E-state index contributed by atoms with van der Waals surface area (Å²) in [6, 6.07) is 0. The number of hydroxylamine groups is 3. The van der Waals surface area contributed by atoms with Gasteiger partial charge in [0.05, 0.1) is 12.8 Å². The molecule has 0 aliphatic carbocycles. The first kappa shape index (κ1) is 23.1. The largest absolute Gasteiger partial charge is 0.377 e. The molecule has 0 spiro atoms. The number of carbonyl (C=O) groups is 3. The summed E-state index contributed by atoms with van der Waals surface area (Å²) in [7, 11) is 0. The Hall–Kier alpha value is -1.87. The minimum Gasteiger partial charge on any atom is -0.377 e. The lowest BCUT2D eigenvalue weighted by atomic mass is 9.96. The fraction of sp³-hybridized carbons (Fsp3) is 0.750. The summed E-state index contributed by atoms with van der Waals surface area (Å²) in [6.45, 7) is 0.980. The highest BCUT2D eigenvalue weighted by molar-refractivity contribution is 5.89. The number of rotatable bonds is 14. The molecular weight excluding hydrogens is 340 g/mol. The van der Waals surface area contributed by atoms with E-state index in [9.17, 15) is 19.5 Å². The third-order valence-corrected chi connectivity index (χ3v) is 2.53. The molecule has 25 heavy (non-hydrogen) atoms. The molecule has 0 aromatic carbocycles. The highest BCUT2D eigenvalue weighted by atomic mass is 16.7. The minimum atomic E-state index is -2.51. The minimum absolute atomic E-state index is 0.104. The molecule has 0 saturated heterocycles. The lowest BCUT2D eigenvalue weighted by molar-refractivity contribution is -0.186. The van der Waals surface area contributed by atoms with Crippen LogP contribution in [0.5, 0.6) is 0 Å².